The summed E-state index contributed by atoms with van der Waals surface area (Å²) >= 11 is 0. The van der Waals surface area contributed by atoms with Gasteiger partial charge < -0.3 is 14.6 Å². The number of benzene rings is 1. The molecule has 1 aromatic carbocycles. The van der Waals surface area contributed by atoms with Crippen molar-refractivity contribution in [3.05, 3.63) is 42.5 Å². The van der Waals surface area contributed by atoms with Crippen molar-refractivity contribution in [1.82, 2.24) is 9.55 Å². The van der Waals surface area contributed by atoms with Gasteiger partial charge in [-0.2, -0.15) is 5.26 Å². The van der Waals surface area contributed by atoms with Crippen LogP contribution in [-0.2, 0) is 6.54 Å². The molecule has 5 heteroatoms. The van der Waals surface area contributed by atoms with Gasteiger partial charge in [0.1, 0.15) is 11.8 Å². The number of ether oxygens (including phenoxy) is 1. The van der Waals surface area contributed by atoms with Crippen LogP contribution >= 0.6 is 0 Å². The Balaban J connectivity index is 2.01. The third-order valence-corrected chi connectivity index (χ3v) is 2.59. The molecule has 0 saturated carbocycles. The minimum Gasteiger partial charge on any atom is -0.497 e. The molecule has 2 rings (SSSR count). The third-order valence-electron chi connectivity index (χ3n) is 2.59. The SMILES string of the molecule is COc1ccc(C#N)c(NCCn2ccnc2)c1. The first kappa shape index (κ1) is 12.0. The predicted molar refractivity (Wildman–Crippen MR) is 68.4 cm³/mol. The topological polar surface area (TPSA) is 62.9 Å². The molecule has 1 heterocycles. The Hall–Kier alpha value is -2.48. The van der Waals surface area contributed by atoms with E-state index in [2.05, 4.69) is 16.4 Å². The molecule has 0 aliphatic heterocycles. The predicted octanol–water partition coefficient (Wildman–Crippen LogP) is 1.88. The van der Waals surface area contributed by atoms with Crippen molar-refractivity contribution in [2.45, 2.75) is 6.54 Å². The summed E-state index contributed by atoms with van der Waals surface area (Å²) in [6.45, 7) is 1.51. The first-order valence-electron chi connectivity index (χ1n) is 5.61. The number of anilines is 1. The van der Waals surface area contributed by atoms with Gasteiger partial charge in [-0.3, -0.25) is 0 Å². The molecule has 0 bridgehead atoms. The Morgan fingerprint density at radius 1 is 1.50 bits per heavy atom. The summed E-state index contributed by atoms with van der Waals surface area (Å²) < 4.78 is 7.11. The molecule has 0 aliphatic carbocycles. The Morgan fingerprint density at radius 3 is 3.06 bits per heavy atom. The fourth-order valence-corrected chi connectivity index (χ4v) is 1.63. The van der Waals surface area contributed by atoms with Crippen molar-refractivity contribution < 1.29 is 4.74 Å². The van der Waals surface area contributed by atoms with Gasteiger partial charge in [0.2, 0.25) is 0 Å². The second kappa shape index (κ2) is 5.73. The highest BCUT2D eigenvalue weighted by atomic mass is 16.5. The van der Waals surface area contributed by atoms with Crippen molar-refractivity contribution in [2.24, 2.45) is 0 Å². The number of methoxy groups -OCH3 is 1. The molecule has 1 aromatic heterocycles. The van der Waals surface area contributed by atoms with Crippen molar-refractivity contribution in [1.29, 1.82) is 5.26 Å². The number of imidazole rings is 1. The van der Waals surface area contributed by atoms with E-state index in [1.165, 1.54) is 0 Å². The Morgan fingerprint density at radius 2 is 2.39 bits per heavy atom. The van der Waals surface area contributed by atoms with E-state index in [1.54, 1.807) is 31.8 Å². The van der Waals surface area contributed by atoms with Crippen LogP contribution in [-0.4, -0.2) is 23.2 Å². The third kappa shape index (κ3) is 2.80. The maximum atomic E-state index is 9.02. The van der Waals surface area contributed by atoms with Crippen LogP contribution in [0.25, 0.3) is 0 Å². The van der Waals surface area contributed by atoms with Gasteiger partial charge >= 0.3 is 0 Å². The van der Waals surface area contributed by atoms with Crippen molar-refractivity contribution in [3.63, 3.8) is 0 Å². The molecule has 18 heavy (non-hydrogen) atoms. The van der Waals surface area contributed by atoms with Crippen LogP contribution in [0.5, 0.6) is 5.75 Å². The normalized spacial score (nSPS) is 9.78. The zero-order valence-electron chi connectivity index (χ0n) is 10.1. The van der Waals surface area contributed by atoms with E-state index in [-0.39, 0.29) is 0 Å². The zero-order valence-corrected chi connectivity index (χ0v) is 10.1. The second-order valence-electron chi connectivity index (χ2n) is 3.75. The Kier molecular flexibility index (Phi) is 3.82. The minimum atomic E-state index is 0.612. The summed E-state index contributed by atoms with van der Waals surface area (Å²) in [6.07, 6.45) is 5.41. The molecule has 2 aromatic rings. The molecule has 92 valence electrons. The summed E-state index contributed by atoms with van der Waals surface area (Å²) in [7, 11) is 1.61. The van der Waals surface area contributed by atoms with Gasteiger partial charge in [-0.05, 0) is 12.1 Å². The summed E-state index contributed by atoms with van der Waals surface area (Å²) in [5, 5.41) is 12.2. The number of nitrogens with zero attached hydrogens (tertiary/aromatic N) is 3. The van der Waals surface area contributed by atoms with E-state index in [0.717, 1.165) is 24.5 Å². The lowest BCUT2D eigenvalue weighted by Gasteiger charge is -2.10. The van der Waals surface area contributed by atoms with Crippen LogP contribution in [0.2, 0.25) is 0 Å². The first-order valence-corrected chi connectivity index (χ1v) is 5.61. The van der Waals surface area contributed by atoms with Gasteiger partial charge in [0.15, 0.2) is 0 Å². The van der Waals surface area contributed by atoms with Crippen LogP contribution in [0.4, 0.5) is 5.69 Å². The van der Waals surface area contributed by atoms with E-state index >= 15 is 0 Å². The molecule has 0 saturated heterocycles. The molecule has 0 spiro atoms. The fraction of sp³-hybridized carbons (Fsp3) is 0.231. The fourth-order valence-electron chi connectivity index (χ4n) is 1.63. The molecule has 1 N–H and O–H groups in total. The number of aromatic nitrogens is 2. The maximum Gasteiger partial charge on any atom is 0.121 e. The Labute approximate surface area is 106 Å². The molecule has 0 radical (unpaired) electrons. The number of hydrogen-bond acceptors (Lipinski definition) is 4. The highest BCUT2D eigenvalue weighted by molar-refractivity contribution is 5.60. The standard InChI is InChI=1S/C13H14N4O/c1-18-12-3-2-11(9-14)13(8-12)16-5-7-17-6-4-15-10-17/h2-4,6,8,10,16H,5,7H2,1H3. The second-order valence-corrected chi connectivity index (χ2v) is 3.75. The van der Waals surface area contributed by atoms with E-state index in [4.69, 9.17) is 10.00 Å². The molecular formula is C13H14N4O. The largest absolute Gasteiger partial charge is 0.497 e. The number of nitrogens with one attached hydrogen (secondary N) is 1. The van der Waals surface area contributed by atoms with Gasteiger partial charge in [-0.1, -0.05) is 0 Å². The van der Waals surface area contributed by atoms with Gasteiger partial charge in [-0.25, -0.2) is 4.98 Å². The van der Waals surface area contributed by atoms with Crippen molar-refractivity contribution in [2.75, 3.05) is 19.0 Å². The molecular weight excluding hydrogens is 228 g/mol. The first-order chi connectivity index (χ1) is 8.83. The number of rotatable bonds is 5. The average molecular weight is 242 g/mol. The van der Waals surface area contributed by atoms with Gasteiger partial charge in [0.05, 0.1) is 24.7 Å². The van der Waals surface area contributed by atoms with Gasteiger partial charge in [0, 0.05) is 31.5 Å². The lowest BCUT2D eigenvalue weighted by molar-refractivity contribution is 0.415. The lowest BCUT2D eigenvalue weighted by atomic mass is 10.2. The quantitative estimate of drug-likeness (QED) is 0.869. The van der Waals surface area contributed by atoms with Crippen LogP contribution in [0.3, 0.4) is 0 Å². The molecule has 0 amide bonds. The van der Waals surface area contributed by atoms with Gasteiger partial charge in [-0.15, -0.1) is 0 Å². The average Bonchev–Trinajstić information content (AvgIpc) is 2.92. The van der Waals surface area contributed by atoms with Crippen LogP contribution in [0, 0.1) is 11.3 Å². The summed E-state index contributed by atoms with van der Waals surface area (Å²) in [4.78, 5) is 3.97. The Bertz CT molecular complexity index is 543. The molecule has 0 atom stereocenters. The monoisotopic (exact) mass is 242 g/mol. The summed E-state index contributed by atoms with van der Waals surface area (Å²) in [6, 6.07) is 7.50. The van der Waals surface area contributed by atoms with Crippen LogP contribution < -0.4 is 10.1 Å². The van der Waals surface area contributed by atoms with E-state index in [1.807, 2.05) is 16.8 Å². The van der Waals surface area contributed by atoms with Crippen LogP contribution in [0.15, 0.2) is 36.9 Å². The number of nitriles is 1. The smallest absolute Gasteiger partial charge is 0.121 e. The van der Waals surface area contributed by atoms with Crippen molar-refractivity contribution in [3.8, 4) is 11.8 Å². The number of hydrogen-bond donors (Lipinski definition) is 1. The molecule has 0 unspecified atom stereocenters. The highest BCUT2D eigenvalue weighted by Crippen LogP contribution is 2.21. The minimum absolute atomic E-state index is 0.612. The maximum absolute atomic E-state index is 9.02. The zero-order chi connectivity index (χ0) is 12.8. The van der Waals surface area contributed by atoms with E-state index in [9.17, 15) is 0 Å². The summed E-state index contributed by atoms with van der Waals surface area (Å²) in [5.41, 5.74) is 1.40. The van der Waals surface area contributed by atoms with Crippen molar-refractivity contribution >= 4 is 5.69 Å². The van der Waals surface area contributed by atoms with Gasteiger partial charge in [0.25, 0.3) is 0 Å². The molecule has 0 aliphatic rings. The van der Waals surface area contributed by atoms with E-state index in [0.29, 0.717) is 5.56 Å². The lowest BCUT2D eigenvalue weighted by Crippen LogP contribution is -2.10. The van der Waals surface area contributed by atoms with E-state index < -0.39 is 0 Å². The van der Waals surface area contributed by atoms with Crippen LogP contribution in [0.1, 0.15) is 5.56 Å². The molecule has 5 nitrogen and oxygen atoms in total. The highest BCUT2D eigenvalue weighted by Gasteiger charge is 2.03. The summed E-state index contributed by atoms with van der Waals surface area (Å²) in [5.74, 6) is 0.735. The molecule has 0 fully saturated rings.